The lowest BCUT2D eigenvalue weighted by atomic mass is 10.2. The van der Waals surface area contributed by atoms with Crippen molar-refractivity contribution in [1.29, 1.82) is 0 Å². The first-order valence-corrected chi connectivity index (χ1v) is 6.49. The second-order valence-corrected chi connectivity index (χ2v) is 4.44. The monoisotopic (exact) mass is 287 g/mol. The summed E-state index contributed by atoms with van der Waals surface area (Å²) in [7, 11) is 0. The molecule has 5 heteroatoms. The second kappa shape index (κ2) is 7.31. The van der Waals surface area contributed by atoms with Crippen molar-refractivity contribution < 1.29 is 4.79 Å². The van der Waals surface area contributed by atoms with Gasteiger partial charge in [0.25, 0.3) is 5.91 Å². The highest BCUT2D eigenvalue weighted by molar-refractivity contribution is 6.33. The highest BCUT2D eigenvalue weighted by Gasteiger charge is 2.01. The van der Waals surface area contributed by atoms with Gasteiger partial charge < -0.3 is 5.32 Å². The van der Waals surface area contributed by atoms with Gasteiger partial charge in [-0.3, -0.25) is 4.79 Å². The molecule has 0 atom stereocenters. The number of anilines is 1. The Morgan fingerprint density at radius 1 is 1.10 bits per heavy atom. The van der Waals surface area contributed by atoms with Gasteiger partial charge in [-0.1, -0.05) is 54.1 Å². The van der Waals surface area contributed by atoms with E-state index in [1.165, 1.54) is 0 Å². The van der Waals surface area contributed by atoms with Crippen molar-refractivity contribution in [3.63, 3.8) is 0 Å². The lowest BCUT2D eigenvalue weighted by molar-refractivity contribution is -0.119. The number of amides is 1. The van der Waals surface area contributed by atoms with Crippen LogP contribution in [-0.2, 0) is 4.79 Å². The molecule has 2 N–H and O–H groups in total. The number of nitrogens with one attached hydrogen (secondary N) is 2. The van der Waals surface area contributed by atoms with Crippen molar-refractivity contribution in [2.75, 3.05) is 11.9 Å². The van der Waals surface area contributed by atoms with E-state index in [-0.39, 0.29) is 12.5 Å². The van der Waals surface area contributed by atoms with Gasteiger partial charge >= 0.3 is 0 Å². The van der Waals surface area contributed by atoms with Crippen LogP contribution in [-0.4, -0.2) is 18.7 Å². The predicted octanol–water partition coefficient (Wildman–Crippen LogP) is 2.90. The summed E-state index contributed by atoms with van der Waals surface area (Å²) in [6, 6.07) is 16.8. The van der Waals surface area contributed by atoms with Crippen LogP contribution in [0.5, 0.6) is 0 Å². The van der Waals surface area contributed by atoms with Crippen LogP contribution in [0.15, 0.2) is 59.7 Å². The second-order valence-electron chi connectivity index (χ2n) is 4.04. The number of hydrogen-bond donors (Lipinski definition) is 2. The Kier molecular flexibility index (Phi) is 5.15. The maximum atomic E-state index is 11.6. The Morgan fingerprint density at radius 2 is 1.80 bits per heavy atom. The smallest absolute Gasteiger partial charge is 0.259 e. The summed E-state index contributed by atoms with van der Waals surface area (Å²) in [5.41, 5.74) is 4.09. The molecule has 4 nitrogen and oxygen atoms in total. The zero-order valence-electron chi connectivity index (χ0n) is 10.7. The standard InChI is InChI=1S/C15H14ClN3O/c16-13-8-4-5-9-14(13)17-11-15(20)19-18-10-12-6-2-1-3-7-12/h1-10,17H,11H2,(H,19,20)/b18-10+. The molecule has 1 amide bonds. The average Bonchev–Trinajstić information content (AvgIpc) is 2.47. The first kappa shape index (κ1) is 14.1. The number of carbonyl (C=O) groups is 1. The van der Waals surface area contributed by atoms with Gasteiger partial charge in [0.15, 0.2) is 0 Å². The molecule has 0 spiro atoms. The fraction of sp³-hybridized carbons (Fsp3) is 0.0667. The minimum atomic E-state index is -0.239. The molecule has 2 aromatic rings. The van der Waals surface area contributed by atoms with E-state index in [0.717, 1.165) is 11.3 Å². The van der Waals surface area contributed by atoms with Crippen LogP contribution in [0, 0.1) is 0 Å². The van der Waals surface area contributed by atoms with Crippen molar-refractivity contribution in [2.45, 2.75) is 0 Å². The third-order valence-corrected chi connectivity index (χ3v) is 2.85. The first-order valence-electron chi connectivity index (χ1n) is 6.11. The van der Waals surface area contributed by atoms with Gasteiger partial charge in [-0.05, 0) is 17.7 Å². The molecule has 0 fully saturated rings. The summed E-state index contributed by atoms with van der Waals surface area (Å²) < 4.78 is 0. The van der Waals surface area contributed by atoms with E-state index >= 15 is 0 Å². The van der Waals surface area contributed by atoms with Gasteiger partial charge in [0.05, 0.1) is 23.5 Å². The molecule has 2 rings (SSSR count). The molecular formula is C15H14ClN3O. The quantitative estimate of drug-likeness (QED) is 0.656. The van der Waals surface area contributed by atoms with E-state index in [1.54, 1.807) is 12.3 Å². The van der Waals surface area contributed by atoms with Crippen LogP contribution in [0.1, 0.15) is 5.56 Å². The first-order chi connectivity index (χ1) is 9.75. The Balaban J connectivity index is 1.79. The highest BCUT2D eigenvalue weighted by atomic mass is 35.5. The number of benzene rings is 2. The van der Waals surface area contributed by atoms with Crippen LogP contribution in [0.3, 0.4) is 0 Å². The Labute approximate surface area is 122 Å². The van der Waals surface area contributed by atoms with Crippen molar-refractivity contribution >= 4 is 29.4 Å². The van der Waals surface area contributed by atoms with Crippen LogP contribution in [0.4, 0.5) is 5.69 Å². The minimum Gasteiger partial charge on any atom is -0.375 e. The molecule has 0 bridgehead atoms. The topological polar surface area (TPSA) is 53.5 Å². The van der Waals surface area contributed by atoms with E-state index in [4.69, 9.17) is 11.6 Å². The van der Waals surface area contributed by atoms with Crippen LogP contribution in [0.25, 0.3) is 0 Å². The Morgan fingerprint density at radius 3 is 2.55 bits per heavy atom. The Bertz CT molecular complexity index is 599. The van der Waals surface area contributed by atoms with E-state index in [9.17, 15) is 4.79 Å². The number of rotatable bonds is 5. The SMILES string of the molecule is O=C(CNc1ccccc1Cl)N/N=C/c1ccccc1. The molecule has 0 aliphatic carbocycles. The zero-order valence-corrected chi connectivity index (χ0v) is 11.5. The molecule has 20 heavy (non-hydrogen) atoms. The van der Waals surface area contributed by atoms with Crippen molar-refractivity contribution in [3.05, 3.63) is 65.2 Å². The normalized spacial score (nSPS) is 10.4. The van der Waals surface area contributed by atoms with E-state index in [1.807, 2.05) is 48.5 Å². The van der Waals surface area contributed by atoms with Gasteiger partial charge in [0.1, 0.15) is 0 Å². The number of nitrogens with zero attached hydrogens (tertiary/aromatic N) is 1. The molecule has 0 aromatic heterocycles. The summed E-state index contributed by atoms with van der Waals surface area (Å²) in [5.74, 6) is -0.239. The maximum Gasteiger partial charge on any atom is 0.259 e. The zero-order chi connectivity index (χ0) is 14.2. The molecule has 2 aromatic carbocycles. The molecule has 0 heterocycles. The van der Waals surface area contributed by atoms with Crippen molar-refractivity contribution in [2.24, 2.45) is 5.10 Å². The molecule has 0 aliphatic rings. The predicted molar refractivity (Wildman–Crippen MR) is 82.1 cm³/mol. The molecule has 0 unspecified atom stereocenters. The summed E-state index contributed by atoms with van der Waals surface area (Å²) in [6.07, 6.45) is 1.59. The van der Waals surface area contributed by atoms with Gasteiger partial charge in [-0.15, -0.1) is 0 Å². The fourth-order valence-electron chi connectivity index (χ4n) is 1.54. The maximum absolute atomic E-state index is 11.6. The van der Waals surface area contributed by atoms with E-state index < -0.39 is 0 Å². The molecule has 0 saturated heterocycles. The number of carbonyl (C=O) groups excluding carboxylic acids is 1. The molecule has 0 aliphatic heterocycles. The van der Waals surface area contributed by atoms with Gasteiger partial charge in [-0.25, -0.2) is 5.43 Å². The summed E-state index contributed by atoms with van der Waals surface area (Å²) in [5, 5.41) is 7.40. The number of hydrazone groups is 1. The molecule has 0 saturated carbocycles. The summed E-state index contributed by atoms with van der Waals surface area (Å²) >= 11 is 5.97. The minimum absolute atomic E-state index is 0.107. The van der Waals surface area contributed by atoms with Crippen molar-refractivity contribution in [3.8, 4) is 0 Å². The molecule has 102 valence electrons. The number of halogens is 1. The third-order valence-electron chi connectivity index (χ3n) is 2.52. The highest BCUT2D eigenvalue weighted by Crippen LogP contribution is 2.19. The third kappa shape index (κ3) is 4.40. The average molecular weight is 288 g/mol. The van der Waals surface area contributed by atoms with Gasteiger partial charge in [0.2, 0.25) is 0 Å². The lowest BCUT2D eigenvalue weighted by Crippen LogP contribution is -2.25. The van der Waals surface area contributed by atoms with Crippen LogP contribution < -0.4 is 10.7 Å². The largest absolute Gasteiger partial charge is 0.375 e. The number of para-hydroxylation sites is 1. The molecular weight excluding hydrogens is 274 g/mol. The lowest BCUT2D eigenvalue weighted by Gasteiger charge is -2.06. The van der Waals surface area contributed by atoms with Gasteiger partial charge in [-0.2, -0.15) is 5.10 Å². The molecule has 0 radical (unpaired) electrons. The van der Waals surface area contributed by atoms with Crippen LogP contribution in [0.2, 0.25) is 5.02 Å². The summed E-state index contributed by atoms with van der Waals surface area (Å²) in [6.45, 7) is 0.107. The Hall–Kier alpha value is -2.33. The van der Waals surface area contributed by atoms with Crippen molar-refractivity contribution in [1.82, 2.24) is 5.43 Å². The number of hydrogen-bond acceptors (Lipinski definition) is 3. The van der Waals surface area contributed by atoms with Crippen LogP contribution >= 0.6 is 11.6 Å². The van der Waals surface area contributed by atoms with E-state index in [0.29, 0.717) is 5.02 Å². The van der Waals surface area contributed by atoms with E-state index in [2.05, 4.69) is 15.8 Å². The summed E-state index contributed by atoms with van der Waals surface area (Å²) in [4.78, 5) is 11.6. The fourth-order valence-corrected chi connectivity index (χ4v) is 1.74. The van der Waals surface area contributed by atoms with Gasteiger partial charge in [0, 0.05) is 0 Å².